The molecule has 2 aromatic rings. The van der Waals surface area contributed by atoms with Crippen molar-refractivity contribution < 1.29 is 22.6 Å². The molecule has 0 radical (unpaired) electrons. The van der Waals surface area contributed by atoms with Crippen molar-refractivity contribution in [2.24, 2.45) is 5.92 Å². The summed E-state index contributed by atoms with van der Waals surface area (Å²) in [5, 5.41) is 3.04. The van der Waals surface area contributed by atoms with Gasteiger partial charge in [-0.25, -0.2) is 9.97 Å². The summed E-state index contributed by atoms with van der Waals surface area (Å²) in [5.41, 5.74) is 0.541. The number of likely N-dealkylation sites (tertiary alicyclic amines) is 1. The Morgan fingerprint density at radius 2 is 1.83 bits per heavy atom. The van der Waals surface area contributed by atoms with Crippen LogP contribution in [0.2, 0.25) is 0 Å². The van der Waals surface area contributed by atoms with Gasteiger partial charge in [-0.05, 0) is 43.1 Å². The fraction of sp³-hybridized carbons (Fsp3) is 0.524. The van der Waals surface area contributed by atoms with Gasteiger partial charge in [0.25, 0.3) is 0 Å². The van der Waals surface area contributed by atoms with Crippen LogP contribution in [0.5, 0.6) is 11.5 Å². The molecule has 1 N–H and O–H groups in total. The SMILES string of the molecule is CCc1cc(C(F)(F)F)nc(NC[C@H]2CN(C)C[C@@H]2c2ccc(OC)c(OC)c2)n1. The minimum Gasteiger partial charge on any atom is -0.493 e. The van der Waals surface area contributed by atoms with Gasteiger partial charge < -0.3 is 19.7 Å². The van der Waals surface area contributed by atoms with Crippen LogP contribution in [0.4, 0.5) is 19.1 Å². The van der Waals surface area contributed by atoms with Crippen LogP contribution in [0.1, 0.15) is 29.8 Å². The Bertz CT molecular complexity index is 876. The smallest absolute Gasteiger partial charge is 0.433 e. The van der Waals surface area contributed by atoms with Crippen LogP contribution in [0.25, 0.3) is 0 Å². The van der Waals surface area contributed by atoms with Crippen LogP contribution in [0, 0.1) is 5.92 Å². The highest BCUT2D eigenvalue weighted by molar-refractivity contribution is 5.44. The molecule has 0 amide bonds. The van der Waals surface area contributed by atoms with Crippen LogP contribution in [0.3, 0.4) is 0 Å². The largest absolute Gasteiger partial charge is 0.493 e. The van der Waals surface area contributed by atoms with Crippen molar-refractivity contribution in [3.63, 3.8) is 0 Å². The number of benzene rings is 1. The van der Waals surface area contributed by atoms with Gasteiger partial charge in [0.05, 0.1) is 14.2 Å². The van der Waals surface area contributed by atoms with Crippen molar-refractivity contribution in [2.45, 2.75) is 25.4 Å². The average Bonchev–Trinajstić information content (AvgIpc) is 3.11. The molecule has 1 aliphatic heterocycles. The Hall–Kier alpha value is -2.55. The molecular weight excluding hydrogens is 397 g/mol. The zero-order chi connectivity index (χ0) is 21.9. The molecule has 2 atom stereocenters. The number of alkyl halides is 3. The minimum atomic E-state index is -4.50. The molecule has 1 aromatic heterocycles. The quantitative estimate of drug-likeness (QED) is 0.729. The van der Waals surface area contributed by atoms with E-state index in [2.05, 4.69) is 20.2 Å². The zero-order valence-corrected chi connectivity index (χ0v) is 17.6. The predicted octanol–water partition coefficient (Wildman–Crippen LogP) is 3.83. The molecule has 0 aliphatic carbocycles. The number of nitrogens with one attached hydrogen (secondary N) is 1. The van der Waals surface area contributed by atoms with Crippen molar-refractivity contribution in [1.29, 1.82) is 0 Å². The first-order valence-corrected chi connectivity index (χ1v) is 9.84. The number of hydrogen-bond acceptors (Lipinski definition) is 6. The van der Waals surface area contributed by atoms with Crippen molar-refractivity contribution >= 4 is 5.95 Å². The number of hydrogen-bond donors (Lipinski definition) is 1. The third-order valence-electron chi connectivity index (χ3n) is 5.41. The van der Waals surface area contributed by atoms with E-state index in [0.29, 0.717) is 30.2 Å². The first kappa shape index (κ1) is 22.1. The van der Waals surface area contributed by atoms with Gasteiger partial charge in [-0.15, -0.1) is 0 Å². The topological polar surface area (TPSA) is 59.5 Å². The fourth-order valence-electron chi connectivity index (χ4n) is 3.88. The minimum absolute atomic E-state index is 0.0160. The molecule has 1 aliphatic rings. The van der Waals surface area contributed by atoms with Crippen LogP contribution >= 0.6 is 0 Å². The van der Waals surface area contributed by atoms with Gasteiger partial charge in [0, 0.05) is 31.2 Å². The van der Waals surface area contributed by atoms with E-state index in [0.717, 1.165) is 24.7 Å². The maximum atomic E-state index is 13.1. The molecule has 1 aromatic carbocycles. The lowest BCUT2D eigenvalue weighted by Crippen LogP contribution is -2.23. The molecule has 2 heterocycles. The molecule has 1 saturated heterocycles. The molecule has 30 heavy (non-hydrogen) atoms. The van der Waals surface area contributed by atoms with Crippen LogP contribution in [0.15, 0.2) is 24.3 Å². The second-order valence-electron chi connectivity index (χ2n) is 7.50. The number of rotatable bonds is 7. The van der Waals surface area contributed by atoms with Crippen LogP contribution < -0.4 is 14.8 Å². The van der Waals surface area contributed by atoms with Crippen LogP contribution in [-0.4, -0.2) is 55.8 Å². The Morgan fingerprint density at radius 3 is 2.47 bits per heavy atom. The monoisotopic (exact) mass is 424 g/mol. The number of aryl methyl sites for hydroxylation is 1. The fourth-order valence-corrected chi connectivity index (χ4v) is 3.88. The first-order chi connectivity index (χ1) is 14.2. The number of anilines is 1. The van der Waals surface area contributed by atoms with Gasteiger partial charge in [0.15, 0.2) is 11.5 Å². The Morgan fingerprint density at radius 1 is 1.10 bits per heavy atom. The summed E-state index contributed by atoms with van der Waals surface area (Å²) in [4.78, 5) is 10.1. The summed E-state index contributed by atoms with van der Waals surface area (Å²) in [6.07, 6.45) is -4.10. The number of ether oxygens (including phenoxy) is 2. The van der Waals surface area contributed by atoms with E-state index >= 15 is 0 Å². The Balaban J connectivity index is 1.79. The summed E-state index contributed by atoms with van der Waals surface area (Å²) in [5.74, 6) is 1.70. The summed E-state index contributed by atoms with van der Waals surface area (Å²) < 4.78 is 50.2. The van der Waals surface area contributed by atoms with E-state index in [1.54, 1.807) is 21.1 Å². The lowest BCUT2D eigenvalue weighted by molar-refractivity contribution is -0.141. The summed E-state index contributed by atoms with van der Waals surface area (Å²) in [7, 11) is 5.22. The maximum absolute atomic E-state index is 13.1. The predicted molar refractivity (Wildman–Crippen MR) is 108 cm³/mol. The molecule has 0 saturated carbocycles. The van der Waals surface area contributed by atoms with Gasteiger partial charge in [0.1, 0.15) is 5.69 Å². The number of nitrogens with zero attached hydrogens (tertiary/aromatic N) is 3. The second kappa shape index (κ2) is 9.07. The first-order valence-electron chi connectivity index (χ1n) is 9.84. The third-order valence-corrected chi connectivity index (χ3v) is 5.41. The highest BCUT2D eigenvalue weighted by atomic mass is 19.4. The van der Waals surface area contributed by atoms with E-state index in [1.807, 2.05) is 25.2 Å². The average molecular weight is 424 g/mol. The van der Waals surface area contributed by atoms with Crippen molar-refractivity contribution in [3.8, 4) is 11.5 Å². The van der Waals surface area contributed by atoms with Gasteiger partial charge in [-0.2, -0.15) is 13.2 Å². The molecule has 6 nitrogen and oxygen atoms in total. The number of aromatic nitrogens is 2. The third kappa shape index (κ3) is 4.95. The molecule has 0 unspecified atom stereocenters. The summed E-state index contributed by atoms with van der Waals surface area (Å²) in [6.45, 7) is 3.89. The molecule has 0 spiro atoms. The van der Waals surface area contributed by atoms with Gasteiger partial charge in [-0.1, -0.05) is 13.0 Å². The zero-order valence-electron chi connectivity index (χ0n) is 17.6. The highest BCUT2D eigenvalue weighted by Crippen LogP contribution is 2.37. The normalized spacial score (nSPS) is 19.7. The van der Waals surface area contributed by atoms with Gasteiger partial charge >= 0.3 is 6.18 Å². The molecule has 1 fully saturated rings. The van der Waals surface area contributed by atoms with E-state index in [4.69, 9.17) is 9.47 Å². The number of methoxy groups -OCH3 is 2. The summed E-state index contributed by atoms with van der Waals surface area (Å²) >= 11 is 0. The lowest BCUT2D eigenvalue weighted by atomic mass is 9.88. The molecular formula is C21H27F3N4O2. The standard InChI is InChI=1S/C21H27F3N4O2/c1-5-15-9-19(21(22,23)24)27-20(26-15)25-10-14-11-28(2)12-16(14)13-6-7-17(29-3)18(8-13)30-4/h6-9,14,16H,5,10-12H2,1-4H3,(H,25,26,27)/t14-,16+/m0/s1. The van der Waals surface area contributed by atoms with Gasteiger partial charge in [-0.3, -0.25) is 0 Å². The van der Waals surface area contributed by atoms with E-state index in [-0.39, 0.29) is 17.8 Å². The molecule has 164 valence electrons. The van der Waals surface area contributed by atoms with Crippen molar-refractivity contribution in [3.05, 3.63) is 41.2 Å². The Kier molecular flexibility index (Phi) is 6.70. The molecule has 0 bridgehead atoms. The Labute approximate surface area is 174 Å². The number of likely N-dealkylation sites (N-methyl/N-ethyl adjacent to an activating group) is 1. The van der Waals surface area contributed by atoms with E-state index in [1.165, 1.54) is 0 Å². The van der Waals surface area contributed by atoms with E-state index in [9.17, 15) is 13.2 Å². The highest BCUT2D eigenvalue weighted by Gasteiger charge is 2.35. The summed E-state index contributed by atoms with van der Waals surface area (Å²) in [6, 6.07) is 6.85. The van der Waals surface area contributed by atoms with Gasteiger partial charge in [0.2, 0.25) is 5.95 Å². The van der Waals surface area contributed by atoms with Crippen LogP contribution in [-0.2, 0) is 12.6 Å². The molecule has 9 heteroatoms. The van der Waals surface area contributed by atoms with Crippen molar-refractivity contribution in [1.82, 2.24) is 14.9 Å². The second-order valence-corrected chi connectivity index (χ2v) is 7.50. The van der Waals surface area contributed by atoms with E-state index < -0.39 is 11.9 Å². The maximum Gasteiger partial charge on any atom is 0.433 e. The molecule has 3 rings (SSSR count). The lowest BCUT2D eigenvalue weighted by Gasteiger charge is -2.21. The van der Waals surface area contributed by atoms with Crippen molar-refractivity contribution in [2.75, 3.05) is 46.2 Å². The number of halogens is 3.